The van der Waals surface area contributed by atoms with Gasteiger partial charge in [-0.2, -0.15) is 0 Å². The van der Waals surface area contributed by atoms with Gasteiger partial charge in [0.1, 0.15) is 5.82 Å². The molecule has 2 heterocycles. The second-order valence-electron chi connectivity index (χ2n) is 4.85. The lowest BCUT2D eigenvalue weighted by Crippen LogP contribution is -2.26. The minimum atomic E-state index is -0.190. The van der Waals surface area contributed by atoms with Crippen LogP contribution in [0.3, 0.4) is 0 Å². The maximum absolute atomic E-state index is 12.9. The Morgan fingerprint density at radius 3 is 2.50 bits per heavy atom. The molecule has 18 heavy (non-hydrogen) atoms. The van der Waals surface area contributed by atoms with Crippen molar-refractivity contribution >= 4 is 0 Å². The maximum Gasteiger partial charge on any atom is 0.123 e. The van der Waals surface area contributed by atoms with Crippen molar-refractivity contribution in [3.63, 3.8) is 0 Å². The number of benzene rings is 1. The highest BCUT2D eigenvalue weighted by molar-refractivity contribution is 5.34. The Bertz CT molecular complexity index is 510. The number of nitrogens with zero attached hydrogens (tertiary/aromatic N) is 1. The van der Waals surface area contributed by atoms with Gasteiger partial charge in [0.15, 0.2) is 0 Å². The molecule has 1 aromatic heterocycles. The molecule has 0 spiro atoms. The smallest absolute Gasteiger partial charge is 0.123 e. The predicted molar refractivity (Wildman–Crippen MR) is 70.6 cm³/mol. The molecule has 94 valence electrons. The van der Waals surface area contributed by atoms with Gasteiger partial charge in [-0.3, -0.25) is 0 Å². The van der Waals surface area contributed by atoms with Crippen LogP contribution in [0.2, 0.25) is 0 Å². The van der Waals surface area contributed by atoms with Crippen LogP contribution in [0.15, 0.2) is 42.7 Å². The van der Waals surface area contributed by atoms with E-state index in [4.69, 9.17) is 0 Å². The third kappa shape index (κ3) is 2.31. The molecule has 0 atom stereocenters. The standard InChI is InChI=1S/C15H17FN2/c16-14-1-3-15(4-2-14)18-10-7-13(11-18)12-5-8-17-9-6-12/h1-4,7,10-12,17H,5-6,8-9H2. The highest BCUT2D eigenvalue weighted by atomic mass is 19.1. The molecule has 1 aromatic carbocycles. The van der Waals surface area contributed by atoms with E-state index in [1.54, 1.807) is 0 Å². The summed E-state index contributed by atoms with van der Waals surface area (Å²) in [6, 6.07) is 8.79. The molecule has 0 radical (unpaired) electrons. The minimum absolute atomic E-state index is 0.190. The van der Waals surface area contributed by atoms with Gasteiger partial charge in [-0.25, -0.2) is 4.39 Å². The first-order valence-electron chi connectivity index (χ1n) is 6.47. The molecule has 1 saturated heterocycles. The molecule has 0 amide bonds. The topological polar surface area (TPSA) is 17.0 Å². The van der Waals surface area contributed by atoms with Crippen LogP contribution in [0, 0.1) is 5.82 Å². The highest BCUT2D eigenvalue weighted by Crippen LogP contribution is 2.26. The van der Waals surface area contributed by atoms with Gasteiger partial charge in [-0.05, 0) is 67.7 Å². The van der Waals surface area contributed by atoms with E-state index >= 15 is 0 Å². The Balaban J connectivity index is 1.82. The molecule has 0 saturated carbocycles. The van der Waals surface area contributed by atoms with Crippen molar-refractivity contribution in [1.82, 2.24) is 9.88 Å². The van der Waals surface area contributed by atoms with Crippen LogP contribution in [0.5, 0.6) is 0 Å². The summed E-state index contributed by atoms with van der Waals surface area (Å²) >= 11 is 0. The van der Waals surface area contributed by atoms with E-state index < -0.39 is 0 Å². The van der Waals surface area contributed by atoms with Crippen molar-refractivity contribution in [2.45, 2.75) is 18.8 Å². The molecule has 0 bridgehead atoms. The van der Waals surface area contributed by atoms with Gasteiger partial charge in [0.05, 0.1) is 0 Å². The van der Waals surface area contributed by atoms with Crippen molar-refractivity contribution in [1.29, 1.82) is 0 Å². The van der Waals surface area contributed by atoms with Crippen molar-refractivity contribution in [2.75, 3.05) is 13.1 Å². The number of rotatable bonds is 2. The van der Waals surface area contributed by atoms with Gasteiger partial charge in [0.2, 0.25) is 0 Å². The van der Waals surface area contributed by atoms with Gasteiger partial charge in [-0.1, -0.05) is 0 Å². The van der Waals surface area contributed by atoms with Crippen LogP contribution < -0.4 is 5.32 Å². The van der Waals surface area contributed by atoms with Crippen molar-refractivity contribution < 1.29 is 4.39 Å². The lowest BCUT2D eigenvalue weighted by atomic mass is 9.92. The molecule has 0 unspecified atom stereocenters. The summed E-state index contributed by atoms with van der Waals surface area (Å²) in [5, 5.41) is 3.38. The molecule has 2 nitrogen and oxygen atoms in total. The summed E-state index contributed by atoms with van der Waals surface area (Å²) in [7, 11) is 0. The Labute approximate surface area is 106 Å². The summed E-state index contributed by atoms with van der Waals surface area (Å²) in [4.78, 5) is 0. The van der Waals surface area contributed by atoms with E-state index in [2.05, 4.69) is 28.3 Å². The minimum Gasteiger partial charge on any atom is -0.324 e. The average Bonchev–Trinajstić information content (AvgIpc) is 2.90. The van der Waals surface area contributed by atoms with E-state index in [0.29, 0.717) is 5.92 Å². The van der Waals surface area contributed by atoms with E-state index in [1.807, 2.05) is 12.1 Å². The predicted octanol–water partition coefficient (Wildman–Crippen LogP) is 3.08. The van der Waals surface area contributed by atoms with Crippen LogP contribution in [-0.4, -0.2) is 17.7 Å². The molecule has 3 heteroatoms. The molecule has 1 aliphatic heterocycles. The van der Waals surface area contributed by atoms with E-state index in [9.17, 15) is 4.39 Å². The quantitative estimate of drug-likeness (QED) is 0.859. The Morgan fingerprint density at radius 1 is 1.06 bits per heavy atom. The first-order valence-corrected chi connectivity index (χ1v) is 6.47. The molecular formula is C15H17FN2. The summed E-state index contributed by atoms with van der Waals surface area (Å²) in [6.07, 6.45) is 6.63. The molecule has 3 rings (SSSR count). The fourth-order valence-electron chi connectivity index (χ4n) is 2.58. The van der Waals surface area contributed by atoms with E-state index in [0.717, 1.165) is 18.8 Å². The van der Waals surface area contributed by atoms with Crippen LogP contribution in [-0.2, 0) is 0 Å². The second-order valence-corrected chi connectivity index (χ2v) is 4.85. The van der Waals surface area contributed by atoms with Crippen LogP contribution in [0.4, 0.5) is 4.39 Å². The van der Waals surface area contributed by atoms with Crippen LogP contribution in [0.1, 0.15) is 24.3 Å². The lowest BCUT2D eigenvalue weighted by Gasteiger charge is -2.21. The maximum atomic E-state index is 12.9. The van der Waals surface area contributed by atoms with Gasteiger partial charge < -0.3 is 9.88 Å². The third-order valence-electron chi connectivity index (χ3n) is 3.65. The van der Waals surface area contributed by atoms with Crippen LogP contribution in [0.25, 0.3) is 5.69 Å². The van der Waals surface area contributed by atoms with Gasteiger partial charge in [0, 0.05) is 18.1 Å². The van der Waals surface area contributed by atoms with Gasteiger partial charge in [-0.15, -0.1) is 0 Å². The zero-order valence-corrected chi connectivity index (χ0v) is 10.3. The van der Waals surface area contributed by atoms with Crippen molar-refractivity contribution in [2.24, 2.45) is 0 Å². The molecular weight excluding hydrogens is 227 g/mol. The van der Waals surface area contributed by atoms with Gasteiger partial charge in [0.25, 0.3) is 0 Å². The first-order chi connectivity index (χ1) is 8.83. The highest BCUT2D eigenvalue weighted by Gasteiger charge is 2.16. The number of nitrogens with one attached hydrogen (secondary N) is 1. The number of halogens is 1. The van der Waals surface area contributed by atoms with E-state index in [1.165, 1.54) is 30.5 Å². The van der Waals surface area contributed by atoms with Crippen LogP contribution >= 0.6 is 0 Å². The first kappa shape index (κ1) is 11.5. The zero-order chi connectivity index (χ0) is 12.4. The monoisotopic (exact) mass is 244 g/mol. The Morgan fingerprint density at radius 2 is 1.78 bits per heavy atom. The SMILES string of the molecule is Fc1ccc(-n2ccc(C3CCNCC3)c2)cc1. The summed E-state index contributed by atoms with van der Waals surface area (Å²) in [6.45, 7) is 2.21. The Hall–Kier alpha value is -1.61. The molecule has 2 aromatic rings. The van der Waals surface area contributed by atoms with Crippen molar-refractivity contribution in [3.8, 4) is 5.69 Å². The number of aromatic nitrogens is 1. The summed E-state index contributed by atoms with van der Waals surface area (Å²) in [5.41, 5.74) is 2.40. The van der Waals surface area contributed by atoms with Crippen molar-refractivity contribution in [3.05, 3.63) is 54.1 Å². The number of hydrogen-bond acceptors (Lipinski definition) is 1. The normalized spacial score (nSPS) is 16.9. The fraction of sp³-hybridized carbons (Fsp3) is 0.333. The summed E-state index contributed by atoms with van der Waals surface area (Å²) in [5.74, 6) is 0.470. The zero-order valence-electron chi connectivity index (χ0n) is 10.3. The number of piperidine rings is 1. The van der Waals surface area contributed by atoms with Gasteiger partial charge >= 0.3 is 0 Å². The average molecular weight is 244 g/mol. The fourth-order valence-corrected chi connectivity index (χ4v) is 2.58. The molecule has 1 N–H and O–H groups in total. The lowest BCUT2D eigenvalue weighted by molar-refractivity contribution is 0.460. The summed E-state index contributed by atoms with van der Waals surface area (Å²) < 4.78 is 14.9. The molecule has 1 aliphatic rings. The number of hydrogen-bond donors (Lipinski definition) is 1. The van der Waals surface area contributed by atoms with E-state index in [-0.39, 0.29) is 5.82 Å². The molecule has 0 aliphatic carbocycles. The molecule has 1 fully saturated rings. The Kier molecular flexibility index (Phi) is 3.15. The largest absolute Gasteiger partial charge is 0.324 e. The second kappa shape index (κ2) is 4.94. The third-order valence-corrected chi connectivity index (χ3v) is 3.65.